The molecule has 0 saturated carbocycles. The Hall–Kier alpha value is -1.75. The molecule has 2 rings (SSSR count). The third kappa shape index (κ3) is 4.13. The Morgan fingerprint density at radius 2 is 1.91 bits per heavy atom. The van der Waals surface area contributed by atoms with Crippen LogP contribution in [0.4, 0.5) is 0 Å². The number of hydrogen-bond donors (Lipinski definition) is 1. The summed E-state index contributed by atoms with van der Waals surface area (Å²) in [6.45, 7) is 0. The second kappa shape index (κ2) is 7.49. The number of carbonyl (C=O) groups excluding carboxylic acids is 1. The van der Waals surface area contributed by atoms with Crippen molar-refractivity contribution in [1.29, 1.82) is 0 Å². The molecular weight excluding hydrogens is 347 g/mol. The molecule has 2 aromatic rings. The number of nitrogens with one attached hydrogen (secondary N) is 1. The van der Waals surface area contributed by atoms with Crippen molar-refractivity contribution < 1.29 is 9.53 Å². The van der Waals surface area contributed by atoms with Crippen LogP contribution in [0, 0.1) is 0 Å². The van der Waals surface area contributed by atoms with Crippen LogP contribution in [0.3, 0.4) is 0 Å². The van der Waals surface area contributed by atoms with Crippen molar-refractivity contribution in [2.45, 2.75) is 0 Å². The van der Waals surface area contributed by atoms with Gasteiger partial charge in [0.15, 0.2) is 0 Å². The van der Waals surface area contributed by atoms with E-state index < -0.39 is 5.91 Å². The van der Waals surface area contributed by atoms with Crippen LogP contribution in [0.1, 0.15) is 15.9 Å². The van der Waals surface area contributed by atoms with Crippen molar-refractivity contribution in [2.75, 3.05) is 7.11 Å². The van der Waals surface area contributed by atoms with Crippen LogP contribution in [0.5, 0.6) is 5.75 Å². The van der Waals surface area contributed by atoms with Gasteiger partial charge >= 0.3 is 0 Å². The maximum atomic E-state index is 11.9. The summed E-state index contributed by atoms with van der Waals surface area (Å²) in [4.78, 5) is 11.9. The molecule has 0 spiro atoms. The number of halogens is 3. The highest BCUT2D eigenvalue weighted by atomic mass is 35.5. The highest BCUT2D eigenvalue weighted by molar-refractivity contribution is 6.36. The third-order valence-corrected chi connectivity index (χ3v) is 3.57. The molecule has 0 heterocycles. The molecule has 0 aliphatic rings. The second-order valence-corrected chi connectivity index (χ2v) is 5.47. The monoisotopic (exact) mass is 356 g/mol. The van der Waals surface area contributed by atoms with E-state index in [0.717, 1.165) is 0 Å². The number of nitrogens with zero attached hydrogens (tertiary/aromatic N) is 1. The number of methoxy groups -OCH3 is 1. The van der Waals surface area contributed by atoms with Gasteiger partial charge < -0.3 is 4.74 Å². The van der Waals surface area contributed by atoms with E-state index in [-0.39, 0.29) is 10.6 Å². The zero-order chi connectivity index (χ0) is 16.1. The molecule has 0 aliphatic carbocycles. The number of carbonyl (C=O) groups is 1. The van der Waals surface area contributed by atoms with E-state index in [1.165, 1.54) is 25.5 Å². The van der Waals surface area contributed by atoms with Crippen molar-refractivity contribution in [3.63, 3.8) is 0 Å². The number of rotatable bonds is 4. The van der Waals surface area contributed by atoms with E-state index in [0.29, 0.717) is 21.4 Å². The fourth-order valence-electron chi connectivity index (χ4n) is 1.66. The van der Waals surface area contributed by atoms with Crippen LogP contribution in [0.25, 0.3) is 0 Å². The molecule has 7 heteroatoms. The maximum absolute atomic E-state index is 11.9. The highest BCUT2D eigenvalue weighted by Gasteiger charge is 2.09. The number of hydrazone groups is 1. The summed E-state index contributed by atoms with van der Waals surface area (Å²) in [6.07, 6.45) is 1.47. The van der Waals surface area contributed by atoms with Gasteiger partial charge in [0.1, 0.15) is 5.75 Å². The van der Waals surface area contributed by atoms with E-state index in [1.807, 2.05) is 0 Å². The van der Waals surface area contributed by atoms with Crippen molar-refractivity contribution in [1.82, 2.24) is 5.43 Å². The van der Waals surface area contributed by atoms with Crippen molar-refractivity contribution >= 4 is 46.9 Å². The first-order valence-corrected chi connectivity index (χ1v) is 7.26. The molecule has 0 bridgehead atoms. The van der Waals surface area contributed by atoms with Gasteiger partial charge in [-0.05, 0) is 42.0 Å². The average molecular weight is 358 g/mol. The SMILES string of the molecule is COc1ccc(C=NNC(=O)c2ccc(Cl)cc2Cl)cc1Cl. The summed E-state index contributed by atoms with van der Waals surface area (Å²) in [5, 5.41) is 5.03. The summed E-state index contributed by atoms with van der Waals surface area (Å²) in [5.41, 5.74) is 3.39. The smallest absolute Gasteiger partial charge is 0.272 e. The first kappa shape index (κ1) is 16.6. The number of hydrogen-bond acceptors (Lipinski definition) is 3. The molecule has 0 aromatic heterocycles. The first-order valence-electron chi connectivity index (χ1n) is 6.13. The largest absolute Gasteiger partial charge is 0.495 e. The molecule has 0 aliphatic heterocycles. The van der Waals surface area contributed by atoms with Gasteiger partial charge in [-0.1, -0.05) is 34.8 Å². The molecule has 0 unspecified atom stereocenters. The first-order chi connectivity index (χ1) is 10.5. The number of benzene rings is 2. The Balaban J connectivity index is 2.05. The van der Waals surface area contributed by atoms with E-state index in [2.05, 4.69) is 10.5 Å². The molecular formula is C15H11Cl3N2O2. The fourth-order valence-corrected chi connectivity index (χ4v) is 2.42. The minimum atomic E-state index is -0.433. The summed E-state index contributed by atoms with van der Waals surface area (Å²) in [6, 6.07) is 9.74. The molecule has 0 saturated heterocycles. The van der Waals surface area contributed by atoms with E-state index >= 15 is 0 Å². The second-order valence-electron chi connectivity index (χ2n) is 4.22. The average Bonchev–Trinajstić information content (AvgIpc) is 2.47. The van der Waals surface area contributed by atoms with Crippen molar-refractivity contribution in [3.8, 4) is 5.75 Å². The predicted octanol–water partition coefficient (Wildman–Crippen LogP) is 4.42. The molecule has 0 radical (unpaired) electrons. The standard InChI is InChI=1S/C15H11Cl3N2O2/c1-22-14-5-2-9(6-13(14)18)8-19-20-15(21)11-4-3-10(16)7-12(11)17/h2-8H,1H3,(H,20,21). The van der Waals surface area contributed by atoms with E-state index in [4.69, 9.17) is 39.5 Å². The van der Waals surface area contributed by atoms with Crippen molar-refractivity contribution in [3.05, 3.63) is 62.6 Å². The molecule has 114 valence electrons. The van der Waals surface area contributed by atoms with Crippen LogP contribution in [0.15, 0.2) is 41.5 Å². The zero-order valence-electron chi connectivity index (χ0n) is 11.4. The Kier molecular flexibility index (Phi) is 5.66. The topological polar surface area (TPSA) is 50.7 Å². The third-order valence-electron chi connectivity index (χ3n) is 2.73. The van der Waals surface area contributed by atoms with Gasteiger partial charge in [-0.2, -0.15) is 5.10 Å². The highest BCUT2D eigenvalue weighted by Crippen LogP contribution is 2.24. The summed E-state index contributed by atoms with van der Waals surface area (Å²) in [7, 11) is 1.53. The van der Waals surface area contributed by atoms with Gasteiger partial charge in [0, 0.05) is 5.02 Å². The lowest BCUT2D eigenvalue weighted by Gasteiger charge is -2.04. The lowest BCUT2D eigenvalue weighted by Crippen LogP contribution is -2.18. The summed E-state index contributed by atoms with van der Waals surface area (Å²) in [5.74, 6) is 0.133. The van der Waals surface area contributed by atoms with Gasteiger partial charge in [0.25, 0.3) is 5.91 Å². The van der Waals surface area contributed by atoms with E-state index in [1.54, 1.807) is 24.3 Å². The van der Waals surface area contributed by atoms with Crippen LogP contribution in [0.2, 0.25) is 15.1 Å². The van der Waals surface area contributed by atoms with E-state index in [9.17, 15) is 4.79 Å². The quantitative estimate of drug-likeness (QED) is 0.650. The fraction of sp³-hybridized carbons (Fsp3) is 0.0667. The van der Waals surface area contributed by atoms with Crippen LogP contribution in [-0.2, 0) is 0 Å². The Labute approximate surface area is 142 Å². The molecule has 4 nitrogen and oxygen atoms in total. The van der Waals surface area contributed by atoms with Crippen molar-refractivity contribution in [2.24, 2.45) is 5.10 Å². The Morgan fingerprint density at radius 1 is 1.14 bits per heavy atom. The lowest BCUT2D eigenvalue weighted by atomic mass is 10.2. The summed E-state index contributed by atoms with van der Waals surface area (Å²) < 4.78 is 5.05. The molecule has 1 N–H and O–H groups in total. The molecule has 2 aromatic carbocycles. The van der Waals surface area contributed by atoms with Gasteiger partial charge in [-0.15, -0.1) is 0 Å². The zero-order valence-corrected chi connectivity index (χ0v) is 13.7. The van der Waals surface area contributed by atoms with Crippen LogP contribution >= 0.6 is 34.8 Å². The summed E-state index contributed by atoms with van der Waals surface area (Å²) >= 11 is 17.7. The Bertz CT molecular complexity index is 733. The van der Waals surface area contributed by atoms with Gasteiger partial charge in [-0.25, -0.2) is 5.43 Å². The maximum Gasteiger partial charge on any atom is 0.272 e. The minimum Gasteiger partial charge on any atom is -0.495 e. The number of amides is 1. The normalized spacial score (nSPS) is 10.7. The molecule has 1 amide bonds. The molecule has 0 fully saturated rings. The predicted molar refractivity (Wildman–Crippen MR) is 89.5 cm³/mol. The lowest BCUT2D eigenvalue weighted by molar-refractivity contribution is 0.0955. The minimum absolute atomic E-state index is 0.257. The van der Waals surface area contributed by atoms with Crippen LogP contribution < -0.4 is 10.2 Å². The molecule has 22 heavy (non-hydrogen) atoms. The van der Waals surface area contributed by atoms with Gasteiger partial charge in [0.05, 0.1) is 28.9 Å². The number of ether oxygens (including phenoxy) is 1. The molecule has 0 atom stereocenters. The Morgan fingerprint density at radius 3 is 2.55 bits per heavy atom. The van der Waals surface area contributed by atoms with Gasteiger partial charge in [-0.3, -0.25) is 4.79 Å². The van der Waals surface area contributed by atoms with Crippen LogP contribution in [-0.4, -0.2) is 19.2 Å². The van der Waals surface area contributed by atoms with Gasteiger partial charge in [0.2, 0.25) is 0 Å².